The Kier molecular flexibility index (Phi) is 5.16. The van der Waals surface area contributed by atoms with Gasteiger partial charge in [-0.05, 0) is 44.7 Å². The van der Waals surface area contributed by atoms with Gasteiger partial charge in [-0.1, -0.05) is 12.5 Å². The van der Waals surface area contributed by atoms with E-state index in [1.807, 2.05) is 23.2 Å². The molecule has 2 unspecified atom stereocenters. The minimum absolute atomic E-state index is 0.106. The first-order valence-corrected chi connectivity index (χ1v) is 8.85. The van der Waals surface area contributed by atoms with Crippen molar-refractivity contribution in [1.29, 1.82) is 0 Å². The number of carbonyl (C=O) groups excluding carboxylic acids is 1. The number of hydrogen-bond donors (Lipinski definition) is 1. The van der Waals surface area contributed by atoms with Crippen molar-refractivity contribution in [3.05, 3.63) is 30.1 Å². The van der Waals surface area contributed by atoms with Crippen molar-refractivity contribution in [2.24, 2.45) is 5.92 Å². The van der Waals surface area contributed by atoms with Crippen LogP contribution >= 0.6 is 0 Å². The lowest BCUT2D eigenvalue weighted by atomic mass is 9.80. The predicted octanol–water partition coefficient (Wildman–Crippen LogP) is 2.66. The normalized spacial score (nSPS) is 22.3. The molecule has 2 atom stereocenters. The van der Waals surface area contributed by atoms with Gasteiger partial charge in [-0.2, -0.15) is 0 Å². The van der Waals surface area contributed by atoms with Gasteiger partial charge in [-0.3, -0.25) is 9.88 Å². The SMILES string of the molecule is CC(NC(=O)N1CCN(C(C)c2ccccn2)CC1)C1CCC1. The summed E-state index contributed by atoms with van der Waals surface area (Å²) >= 11 is 0. The predicted molar refractivity (Wildman–Crippen MR) is 91.1 cm³/mol. The number of pyridine rings is 1. The number of nitrogens with zero attached hydrogens (tertiary/aromatic N) is 3. The summed E-state index contributed by atoms with van der Waals surface area (Å²) in [5.74, 6) is 0.685. The molecular weight excluding hydrogens is 288 g/mol. The van der Waals surface area contributed by atoms with Crippen molar-refractivity contribution in [2.45, 2.75) is 45.2 Å². The molecule has 1 N–H and O–H groups in total. The van der Waals surface area contributed by atoms with Crippen LogP contribution < -0.4 is 5.32 Å². The van der Waals surface area contributed by atoms with Gasteiger partial charge in [-0.25, -0.2) is 4.79 Å². The second-order valence-corrected chi connectivity index (χ2v) is 6.88. The third-order valence-electron chi connectivity index (χ3n) is 5.47. The van der Waals surface area contributed by atoms with Gasteiger partial charge >= 0.3 is 6.03 Å². The molecule has 5 heteroatoms. The highest BCUT2D eigenvalue weighted by Crippen LogP contribution is 2.29. The van der Waals surface area contributed by atoms with Gasteiger partial charge in [0, 0.05) is 44.5 Å². The lowest BCUT2D eigenvalue weighted by molar-refractivity contribution is 0.108. The van der Waals surface area contributed by atoms with Crippen LogP contribution in [0.2, 0.25) is 0 Å². The van der Waals surface area contributed by atoms with Crippen molar-refractivity contribution in [1.82, 2.24) is 20.1 Å². The maximum Gasteiger partial charge on any atom is 0.317 e. The Labute approximate surface area is 139 Å². The number of rotatable bonds is 4. The number of hydrogen-bond acceptors (Lipinski definition) is 3. The van der Waals surface area contributed by atoms with Crippen molar-refractivity contribution < 1.29 is 4.79 Å². The van der Waals surface area contributed by atoms with Crippen LogP contribution in [0.5, 0.6) is 0 Å². The Bertz CT molecular complexity index is 509. The van der Waals surface area contributed by atoms with E-state index in [2.05, 4.69) is 35.1 Å². The van der Waals surface area contributed by atoms with Crippen molar-refractivity contribution >= 4 is 6.03 Å². The number of piperazine rings is 1. The zero-order valence-electron chi connectivity index (χ0n) is 14.2. The molecule has 2 aliphatic rings. The van der Waals surface area contributed by atoms with Crippen LogP contribution in [0.3, 0.4) is 0 Å². The fraction of sp³-hybridized carbons (Fsp3) is 0.667. The molecule has 126 valence electrons. The first-order chi connectivity index (χ1) is 11.1. The van der Waals surface area contributed by atoms with Crippen LogP contribution in [0.4, 0.5) is 4.79 Å². The Morgan fingerprint density at radius 3 is 2.52 bits per heavy atom. The maximum absolute atomic E-state index is 12.4. The molecule has 3 rings (SSSR count). The molecule has 1 aliphatic heterocycles. The summed E-state index contributed by atoms with van der Waals surface area (Å²) in [5.41, 5.74) is 1.10. The molecule has 1 aromatic rings. The quantitative estimate of drug-likeness (QED) is 0.929. The van der Waals surface area contributed by atoms with Crippen LogP contribution in [0.15, 0.2) is 24.4 Å². The molecule has 0 spiro atoms. The van der Waals surface area contributed by atoms with E-state index in [4.69, 9.17) is 0 Å². The summed E-state index contributed by atoms with van der Waals surface area (Å²) < 4.78 is 0. The van der Waals surface area contributed by atoms with Gasteiger partial charge in [-0.15, -0.1) is 0 Å². The fourth-order valence-electron chi connectivity index (χ4n) is 3.47. The Balaban J connectivity index is 1.47. The number of carbonyl (C=O) groups is 1. The Morgan fingerprint density at radius 2 is 1.96 bits per heavy atom. The lowest BCUT2D eigenvalue weighted by Gasteiger charge is -2.39. The van der Waals surface area contributed by atoms with Crippen LogP contribution in [0.25, 0.3) is 0 Å². The van der Waals surface area contributed by atoms with Crippen molar-refractivity contribution in [3.8, 4) is 0 Å². The minimum Gasteiger partial charge on any atom is -0.335 e. The molecule has 23 heavy (non-hydrogen) atoms. The van der Waals surface area contributed by atoms with E-state index < -0.39 is 0 Å². The second kappa shape index (κ2) is 7.30. The summed E-state index contributed by atoms with van der Waals surface area (Å²) in [4.78, 5) is 21.2. The van der Waals surface area contributed by atoms with E-state index in [1.165, 1.54) is 19.3 Å². The third kappa shape index (κ3) is 3.83. The summed E-state index contributed by atoms with van der Waals surface area (Å²) in [6.45, 7) is 7.73. The van der Waals surface area contributed by atoms with Gasteiger partial charge in [0.1, 0.15) is 0 Å². The summed E-state index contributed by atoms with van der Waals surface area (Å²) in [6.07, 6.45) is 5.68. The molecule has 0 bridgehead atoms. The second-order valence-electron chi connectivity index (χ2n) is 6.88. The van der Waals surface area contributed by atoms with Gasteiger partial charge in [0.05, 0.1) is 5.69 Å². The zero-order chi connectivity index (χ0) is 16.2. The highest BCUT2D eigenvalue weighted by atomic mass is 16.2. The molecule has 2 fully saturated rings. The Morgan fingerprint density at radius 1 is 1.22 bits per heavy atom. The van der Waals surface area contributed by atoms with Crippen LogP contribution in [0.1, 0.15) is 44.8 Å². The topological polar surface area (TPSA) is 48.5 Å². The van der Waals surface area contributed by atoms with Crippen molar-refractivity contribution in [2.75, 3.05) is 26.2 Å². The molecule has 5 nitrogen and oxygen atoms in total. The third-order valence-corrected chi connectivity index (χ3v) is 5.47. The smallest absolute Gasteiger partial charge is 0.317 e. The van der Waals surface area contributed by atoms with Crippen LogP contribution in [-0.4, -0.2) is 53.0 Å². The average molecular weight is 316 g/mol. The lowest BCUT2D eigenvalue weighted by Crippen LogP contribution is -2.54. The number of urea groups is 1. The summed E-state index contributed by atoms with van der Waals surface area (Å²) in [6, 6.07) is 6.77. The first kappa shape index (κ1) is 16.2. The van der Waals surface area contributed by atoms with E-state index in [-0.39, 0.29) is 6.03 Å². The molecule has 0 aromatic carbocycles. The van der Waals surface area contributed by atoms with Gasteiger partial charge in [0.2, 0.25) is 0 Å². The van der Waals surface area contributed by atoms with E-state index >= 15 is 0 Å². The van der Waals surface area contributed by atoms with Gasteiger partial charge in [0.15, 0.2) is 0 Å². The minimum atomic E-state index is 0.106. The summed E-state index contributed by atoms with van der Waals surface area (Å²) in [7, 11) is 0. The van der Waals surface area contributed by atoms with Crippen LogP contribution in [-0.2, 0) is 0 Å². The Hall–Kier alpha value is -1.62. The van der Waals surface area contributed by atoms with E-state index in [0.717, 1.165) is 31.9 Å². The standard InChI is InChI=1S/C18H28N4O/c1-14(16-6-5-7-16)20-18(23)22-12-10-21(11-13-22)15(2)17-8-3-4-9-19-17/h3-4,8-9,14-16H,5-7,10-13H2,1-2H3,(H,20,23). The molecule has 2 amide bonds. The van der Waals surface area contributed by atoms with Crippen molar-refractivity contribution in [3.63, 3.8) is 0 Å². The maximum atomic E-state index is 12.4. The number of amides is 2. The monoisotopic (exact) mass is 316 g/mol. The fourth-order valence-corrected chi connectivity index (χ4v) is 3.47. The summed E-state index contributed by atoms with van der Waals surface area (Å²) in [5, 5.41) is 3.18. The number of aromatic nitrogens is 1. The zero-order valence-corrected chi connectivity index (χ0v) is 14.2. The largest absolute Gasteiger partial charge is 0.335 e. The van der Waals surface area contributed by atoms with E-state index in [1.54, 1.807) is 0 Å². The molecule has 1 aliphatic carbocycles. The molecule has 1 saturated heterocycles. The molecule has 0 radical (unpaired) electrons. The highest BCUT2D eigenvalue weighted by Gasteiger charge is 2.29. The average Bonchev–Trinajstić information content (AvgIpc) is 2.53. The number of nitrogens with one attached hydrogen (secondary N) is 1. The highest BCUT2D eigenvalue weighted by molar-refractivity contribution is 5.74. The molecule has 1 aromatic heterocycles. The molecular formula is C18H28N4O. The van der Waals surface area contributed by atoms with E-state index in [9.17, 15) is 4.79 Å². The first-order valence-electron chi connectivity index (χ1n) is 8.85. The van der Waals surface area contributed by atoms with E-state index in [0.29, 0.717) is 18.0 Å². The molecule has 1 saturated carbocycles. The molecule has 2 heterocycles. The van der Waals surface area contributed by atoms with Gasteiger partial charge in [0.25, 0.3) is 0 Å². The van der Waals surface area contributed by atoms with Crippen LogP contribution in [0, 0.1) is 5.92 Å². The van der Waals surface area contributed by atoms with Gasteiger partial charge < -0.3 is 10.2 Å².